The number of nitrogens with zero attached hydrogens (tertiary/aromatic N) is 1. The van der Waals surface area contributed by atoms with E-state index < -0.39 is 5.97 Å². The minimum Gasteiger partial charge on any atom is -0.493 e. The summed E-state index contributed by atoms with van der Waals surface area (Å²) < 4.78 is 16.3. The second-order valence-corrected chi connectivity index (χ2v) is 6.30. The molecule has 2 aromatic carbocycles. The summed E-state index contributed by atoms with van der Waals surface area (Å²) in [6.45, 7) is 3.88. The summed E-state index contributed by atoms with van der Waals surface area (Å²) >= 11 is 6.14. The number of carbonyl (C=O) groups is 1. The molecule has 5 nitrogen and oxygen atoms in total. The summed E-state index contributed by atoms with van der Waals surface area (Å²) in [4.78, 5) is 16.4. The molecule has 1 aliphatic heterocycles. The van der Waals surface area contributed by atoms with Gasteiger partial charge in [-0.3, -0.25) is 0 Å². The number of halogens is 1. The molecule has 0 bridgehead atoms. The number of hydrogen-bond donors (Lipinski definition) is 0. The van der Waals surface area contributed by atoms with Gasteiger partial charge in [0.05, 0.1) is 23.8 Å². The second kappa shape index (κ2) is 7.62. The van der Waals surface area contributed by atoms with E-state index in [0.29, 0.717) is 22.1 Å². The first kappa shape index (κ1) is 18.0. The van der Waals surface area contributed by atoms with Gasteiger partial charge in [-0.2, -0.15) is 0 Å². The minimum absolute atomic E-state index is 0.0284. The second-order valence-electron chi connectivity index (χ2n) is 5.89. The first-order valence-corrected chi connectivity index (χ1v) is 8.48. The fourth-order valence-electron chi connectivity index (χ4n) is 2.44. The topological polar surface area (TPSA) is 57.1 Å². The Morgan fingerprint density at radius 1 is 1.15 bits per heavy atom. The number of benzene rings is 2. The Labute approximate surface area is 156 Å². The van der Waals surface area contributed by atoms with Crippen molar-refractivity contribution in [2.45, 2.75) is 20.0 Å². The zero-order valence-electron chi connectivity index (χ0n) is 14.7. The van der Waals surface area contributed by atoms with Gasteiger partial charge >= 0.3 is 5.97 Å². The van der Waals surface area contributed by atoms with Crippen LogP contribution in [0.15, 0.2) is 53.2 Å². The number of cyclic esters (lactones) is 1. The third kappa shape index (κ3) is 3.89. The Morgan fingerprint density at radius 2 is 1.92 bits per heavy atom. The molecule has 134 valence electrons. The van der Waals surface area contributed by atoms with Crippen LogP contribution in [0.5, 0.6) is 11.5 Å². The Kier molecular flexibility index (Phi) is 5.28. The standard InChI is InChI=1S/C20H18ClNO4/c1-12(2)25-17-9-8-13(11-18(17)24-3)10-16-20(23)26-19(22-16)14-6-4-5-7-15(14)21/h4-12H,1-3H3/b16-10-. The van der Waals surface area contributed by atoms with E-state index in [-0.39, 0.29) is 17.7 Å². The van der Waals surface area contributed by atoms with Crippen LogP contribution >= 0.6 is 11.6 Å². The number of aliphatic imine (C=N–C) groups is 1. The van der Waals surface area contributed by atoms with Crippen LogP contribution in [-0.4, -0.2) is 25.1 Å². The fourth-order valence-corrected chi connectivity index (χ4v) is 2.66. The highest BCUT2D eigenvalue weighted by Gasteiger charge is 2.25. The summed E-state index contributed by atoms with van der Waals surface area (Å²) in [5.41, 5.74) is 1.51. The summed E-state index contributed by atoms with van der Waals surface area (Å²) in [6.07, 6.45) is 1.66. The monoisotopic (exact) mass is 371 g/mol. The van der Waals surface area contributed by atoms with Gasteiger partial charge in [0.25, 0.3) is 0 Å². The Balaban J connectivity index is 1.92. The van der Waals surface area contributed by atoms with Gasteiger partial charge in [-0.05, 0) is 49.8 Å². The van der Waals surface area contributed by atoms with E-state index in [1.807, 2.05) is 19.9 Å². The van der Waals surface area contributed by atoms with Crippen LogP contribution < -0.4 is 9.47 Å². The number of esters is 1. The third-order valence-electron chi connectivity index (χ3n) is 3.58. The maximum Gasteiger partial charge on any atom is 0.363 e. The van der Waals surface area contributed by atoms with Gasteiger partial charge in [0.2, 0.25) is 5.90 Å². The lowest BCUT2D eigenvalue weighted by Gasteiger charge is -2.13. The van der Waals surface area contributed by atoms with Crippen molar-refractivity contribution in [3.63, 3.8) is 0 Å². The van der Waals surface area contributed by atoms with Crippen molar-refractivity contribution >= 4 is 29.5 Å². The molecule has 3 rings (SSSR count). The van der Waals surface area contributed by atoms with E-state index in [1.165, 1.54) is 0 Å². The molecule has 0 amide bonds. The molecule has 2 aromatic rings. The molecule has 1 heterocycles. The predicted molar refractivity (Wildman–Crippen MR) is 101 cm³/mol. The molecule has 0 unspecified atom stereocenters. The van der Waals surface area contributed by atoms with Gasteiger partial charge in [0.15, 0.2) is 17.2 Å². The van der Waals surface area contributed by atoms with E-state index >= 15 is 0 Å². The lowest BCUT2D eigenvalue weighted by molar-refractivity contribution is -0.129. The molecule has 0 atom stereocenters. The lowest BCUT2D eigenvalue weighted by Crippen LogP contribution is -2.06. The fraction of sp³-hybridized carbons (Fsp3) is 0.200. The number of carbonyl (C=O) groups excluding carboxylic acids is 1. The molecule has 26 heavy (non-hydrogen) atoms. The average molecular weight is 372 g/mol. The van der Waals surface area contributed by atoms with Gasteiger partial charge in [-0.25, -0.2) is 9.79 Å². The van der Waals surface area contributed by atoms with Crippen LogP contribution in [0.4, 0.5) is 0 Å². The SMILES string of the molecule is COc1cc(/C=C2\N=C(c3ccccc3Cl)OC2=O)ccc1OC(C)C. The Bertz CT molecular complexity index is 902. The number of ether oxygens (including phenoxy) is 3. The molecular weight excluding hydrogens is 354 g/mol. The van der Waals surface area contributed by atoms with Gasteiger partial charge in [0, 0.05) is 0 Å². The van der Waals surface area contributed by atoms with Crippen LogP contribution in [0, 0.1) is 0 Å². The van der Waals surface area contributed by atoms with Crippen LogP contribution in [0.1, 0.15) is 25.0 Å². The molecule has 0 N–H and O–H groups in total. The van der Waals surface area contributed by atoms with Crippen LogP contribution in [0.3, 0.4) is 0 Å². The maximum absolute atomic E-state index is 12.1. The summed E-state index contributed by atoms with van der Waals surface area (Å²) in [5, 5.41) is 0.470. The van der Waals surface area contributed by atoms with E-state index in [2.05, 4.69) is 4.99 Å². The van der Waals surface area contributed by atoms with E-state index in [1.54, 1.807) is 49.6 Å². The third-order valence-corrected chi connectivity index (χ3v) is 3.91. The molecule has 0 aromatic heterocycles. The largest absolute Gasteiger partial charge is 0.493 e. The smallest absolute Gasteiger partial charge is 0.363 e. The first-order valence-electron chi connectivity index (χ1n) is 8.10. The predicted octanol–water partition coefficient (Wildman–Crippen LogP) is 4.48. The van der Waals surface area contributed by atoms with Gasteiger partial charge in [-0.15, -0.1) is 0 Å². The lowest BCUT2D eigenvalue weighted by atomic mass is 10.1. The van der Waals surface area contributed by atoms with Crippen molar-refractivity contribution in [2.75, 3.05) is 7.11 Å². The van der Waals surface area contributed by atoms with Crippen molar-refractivity contribution < 1.29 is 19.0 Å². The Morgan fingerprint density at radius 3 is 2.62 bits per heavy atom. The van der Waals surface area contributed by atoms with Crippen molar-refractivity contribution in [1.82, 2.24) is 0 Å². The normalized spacial score (nSPS) is 15.2. The zero-order chi connectivity index (χ0) is 18.7. The van der Waals surface area contributed by atoms with Gasteiger partial charge in [0.1, 0.15) is 0 Å². The number of methoxy groups -OCH3 is 1. The van der Waals surface area contributed by atoms with Crippen LogP contribution in [0.25, 0.3) is 6.08 Å². The van der Waals surface area contributed by atoms with Crippen LogP contribution in [-0.2, 0) is 9.53 Å². The number of hydrogen-bond acceptors (Lipinski definition) is 5. The maximum atomic E-state index is 12.1. The molecular formula is C20H18ClNO4. The molecule has 6 heteroatoms. The molecule has 0 saturated heterocycles. The highest BCUT2D eigenvalue weighted by atomic mass is 35.5. The quantitative estimate of drug-likeness (QED) is 0.574. The summed E-state index contributed by atoms with van der Waals surface area (Å²) in [7, 11) is 1.57. The minimum atomic E-state index is -0.526. The van der Waals surface area contributed by atoms with E-state index in [0.717, 1.165) is 5.56 Å². The highest BCUT2D eigenvalue weighted by Crippen LogP contribution is 2.30. The van der Waals surface area contributed by atoms with Gasteiger partial charge < -0.3 is 14.2 Å². The average Bonchev–Trinajstić information content (AvgIpc) is 2.96. The molecule has 0 saturated carbocycles. The molecule has 0 spiro atoms. The summed E-state index contributed by atoms with van der Waals surface area (Å²) in [5.74, 6) is 0.883. The van der Waals surface area contributed by atoms with Crippen LogP contribution in [0.2, 0.25) is 5.02 Å². The first-order chi connectivity index (χ1) is 12.5. The van der Waals surface area contributed by atoms with Gasteiger partial charge in [-0.1, -0.05) is 29.8 Å². The molecule has 0 aliphatic carbocycles. The van der Waals surface area contributed by atoms with Crippen molar-refractivity contribution in [1.29, 1.82) is 0 Å². The van der Waals surface area contributed by atoms with Crippen molar-refractivity contribution in [3.8, 4) is 11.5 Å². The van der Waals surface area contributed by atoms with E-state index in [4.69, 9.17) is 25.8 Å². The van der Waals surface area contributed by atoms with E-state index in [9.17, 15) is 4.79 Å². The zero-order valence-corrected chi connectivity index (χ0v) is 15.4. The molecule has 1 aliphatic rings. The number of rotatable bonds is 5. The summed E-state index contributed by atoms with van der Waals surface area (Å²) in [6, 6.07) is 12.5. The molecule has 0 radical (unpaired) electrons. The van der Waals surface area contributed by atoms with Crippen molar-refractivity contribution in [3.05, 3.63) is 64.3 Å². The Hall–Kier alpha value is -2.79. The molecule has 0 fully saturated rings. The van der Waals surface area contributed by atoms with Crippen molar-refractivity contribution in [2.24, 2.45) is 4.99 Å². The highest BCUT2D eigenvalue weighted by molar-refractivity contribution is 6.34.